The van der Waals surface area contributed by atoms with Gasteiger partial charge in [-0.05, 0) is 47.9 Å². The Morgan fingerprint density at radius 1 is 1.00 bits per heavy atom. The van der Waals surface area contributed by atoms with Gasteiger partial charge in [0.2, 0.25) is 0 Å². The third-order valence-electron chi connectivity index (χ3n) is 3.79. The van der Waals surface area contributed by atoms with Gasteiger partial charge in [0.15, 0.2) is 0 Å². The number of carbonyl (C=O) groups excluding carboxylic acids is 1. The number of benzene rings is 2. The summed E-state index contributed by atoms with van der Waals surface area (Å²) in [6, 6.07) is 11.7. The number of halogens is 1. The predicted octanol–water partition coefficient (Wildman–Crippen LogP) is 5.70. The molecule has 0 saturated heterocycles. The lowest BCUT2D eigenvalue weighted by Crippen LogP contribution is -2.07. The topological polar surface area (TPSA) is 35.5 Å². The molecule has 0 amide bonds. The van der Waals surface area contributed by atoms with E-state index >= 15 is 0 Å². The van der Waals surface area contributed by atoms with E-state index in [-0.39, 0.29) is 5.82 Å². The third-order valence-corrected chi connectivity index (χ3v) is 3.79. The van der Waals surface area contributed by atoms with Crippen molar-refractivity contribution >= 4 is 11.5 Å². The molecule has 0 unspecified atom stereocenters. The zero-order valence-corrected chi connectivity index (χ0v) is 15.4. The van der Waals surface area contributed by atoms with E-state index in [1.54, 1.807) is 55.5 Å². The summed E-state index contributed by atoms with van der Waals surface area (Å²) in [5.74, 6) is -0.00909. The molecule has 0 aliphatic carbocycles. The average Bonchev–Trinajstić information content (AvgIpc) is 2.66. The van der Waals surface area contributed by atoms with Crippen LogP contribution in [0.1, 0.15) is 12.5 Å². The number of methoxy groups -OCH3 is 1. The summed E-state index contributed by atoms with van der Waals surface area (Å²) in [6.45, 7) is 12.7. The van der Waals surface area contributed by atoms with E-state index < -0.39 is 5.97 Å². The molecule has 138 valence electrons. The first-order chi connectivity index (χ1) is 12.8. The molecule has 0 saturated carbocycles. The first-order valence-corrected chi connectivity index (χ1v) is 8.19. The molecule has 0 N–H and O–H groups in total. The molecule has 0 aliphatic heterocycles. The fourth-order valence-corrected chi connectivity index (χ4v) is 2.22. The lowest BCUT2D eigenvalue weighted by atomic mass is 10.00. The number of allylic oxidation sites excluding steroid dienone is 3. The molecule has 27 heavy (non-hydrogen) atoms. The lowest BCUT2D eigenvalue weighted by molar-refractivity contribution is -0.130. The van der Waals surface area contributed by atoms with Crippen molar-refractivity contribution in [3.63, 3.8) is 0 Å². The van der Waals surface area contributed by atoms with Crippen LogP contribution in [0, 0.1) is 5.82 Å². The van der Waals surface area contributed by atoms with E-state index in [1.165, 1.54) is 13.2 Å². The van der Waals surface area contributed by atoms with Crippen LogP contribution in [0.25, 0.3) is 16.7 Å². The number of hydrogen-bond donors (Lipinski definition) is 0. The van der Waals surface area contributed by atoms with Crippen molar-refractivity contribution in [3.8, 4) is 16.9 Å². The Labute approximate surface area is 158 Å². The van der Waals surface area contributed by atoms with Crippen LogP contribution in [-0.4, -0.2) is 13.1 Å². The minimum Gasteiger partial charge on any atom is -0.497 e. The van der Waals surface area contributed by atoms with Gasteiger partial charge < -0.3 is 9.47 Å². The van der Waals surface area contributed by atoms with Gasteiger partial charge in [-0.3, -0.25) is 0 Å². The first kappa shape index (κ1) is 19.9. The molecule has 3 nitrogen and oxygen atoms in total. The molecule has 0 fully saturated rings. The Morgan fingerprint density at radius 2 is 1.63 bits per heavy atom. The van der Waals surface area contributed by atoms with Gasteiger partial charge in [0, 0.05) is 11.1 Å². The van der Waals surface area contributed by atoms with Crippen molar-refractivity contribution in [1.82, 2.24) is 0 Å². The second-order valence-corrected chi connectivity index (χ2v) is 5.92. The number of rotatable bonds is 7. The summed E-state index contributed by atoms with van der Waals surface area (Å²) in [5.41, 5.74) is 2.72. The summed E-state index contributed by atoms with van der Waals surface area (Å²) in [4.78, 5) is 11.5. The van der Waals surface area contributed by atoms with Gasteiger partial charge in [-0.15, -0.1) is 0 Å². The summed E-state index contributed by atoms with van der Waals surface area (Å²) in [6.07, 6.45) is 3.27. The molecule has 0 radical (unpaired) electrons. The molecular weight excluding hydrogens is 343 g/mol. The normalized spacial score (nSPS) is 10.5. The molecule has 0 spiro atoms. The van der Waals surface area contributed by atoms with Crippen LogP contribution in [0.5, 0.6) is 5.75 Å². The van der Waals surface area contributed by atoms with Gasteiger partial charge >= 0.3 is 5.97 Å². The van der Waals surface area contributed by atoms with Crippen molar-refractivity contribution in [1.29, 1.82) is 0 Å². The Bertz CT molecular complexity index is 921. The maximum Gasteiger partial charge on any atom is 0.338 e. The lowest BCUT2D eigenvalue weighted by Gasteiger charge is -2.08. The SMILES string of the molecule is C=C(/C=C\C(=C)c1ccc(-c2ccc(OC(=O)C(=C)C)cc2)cc1F)OC. The van der Waals surface area contributed by atoms with Gasteiger partial charge in [-0.1, -0.05) is 50.1 Å². The fraction of sp³-hybridized carbons (Fsp3) is 0.0870. The van der Waals surface area contributed by atoms with E-state index in [1.807, 2.05) is 0 Å². The molecule has 0 bridgehead atoms. The molecule has 0 atom stereocenters. The predicted molar refractivity (Wildman–Crippen MR) is 107 cm³/mol. The van der Waals surface area contributed by atoms with Crippen LogP contribution in [0.3, 0.4) is 0 Å². The molecule has 0 aliphatic rings. The van der Waals surface area contributed by atoms with Crippen molar-refractivity contribution in [2.75, 3.05) is 7.11 Å². The number of ether oxygens (including phenoxy) is 2. The highest BCUT2D eigenvalue weighted by atomic mass is 19.1. The Balaban J connectivity index is 2.18. The standard InChI is InChI=1S/C23H21FO3/c1-15(2)23(25)27-20-11-8-18(9-12-20)19-10-13-21(22(24)14-19)16(3)6-7-17(4)26-5/h6-14H,1,3-4H2,2,5H3/b7-6-. The zero-order chi connectivity index (χ0) is 20.0. The summed E-state index contributed by atoms with van der Waals surface area (Å²) in [7, 11) is 1.51. The third kappa shape index (κ3) is 5.28. The quantitative estimate of drug-likeness (QED) is 0.208. The van der Waals surface area contributed by atoms with Gasteiger partial charge in [-0.2, -0.15) is 0 Å². The smallest absolute Gasteiger partial charge is 0.338 e. The van der Waals surface area contributed by atoms with Crippen LogP contribution in [0.2, 0.25) is 0 Å². The van der Waals surface area contributed by atoms with Crippen LogP contribution in [0.15, 0.2) is 85.7 Å². The van der Waals surface area contributed by atoms with E-state index in [4.69, 9.17) is 9.47 Å². The van der Waals surface area contributed by atoms with Crippen LogP contribution >= 0.6 is 0 Å². The molecule has 4 heteroatoms. The van der Waals surface area contributed by atoms with Crippen LogP contribution in [0.4, 0.5) is 4.39 Å². The molecule has 0 aromatic heterocycles. The van der Waals surface area contributed by atoms with Gasteiger partial charge in [-0.25, -0.2) is 9.18 Å². The minimum atomic E-state index is -0.485. The van der Waals surface area contributed by atoms with Gasteiger partial charge in [0.1, 0.15) is 17.3 Å². The number of hydrogen-bond acceptors (Lipinski definition) is 3. The van der Waals surface area contributed by atoms with E-state index in [2.05, 4.69) is 19.7 Å². The minimum absolute atomic E-state index is 0.320. The zero-order valence-electron chi connectivity index (χ0n) is 15.4. The second kappa shape index (κ2) is 8.81. The Morgan fingerprint density at radius 3 is 2.19 bits per heavy atom. The largest absolute Gasteiger partial charge is 0.497 e. The van der Waals surface area contributed by atoms with Crippen LogP contribution < -0.4 is 4.74 Å². The molecule has 0 heterocycles. The average molecular weight is 364 g/mol. The number of esters is 1. The Hall–Kier alpha value is -3.40. The summed E-state index contributed by atoms with van der Waals surface area (Å²) >= 11 is 0. The van der Waals surface area contributed by atoms with Gasteiger partial charge in [0.05, 0.1) is 7.11 Å². The van der Waals surface area contributed by atoms with Crippen molar-refractivity contribution in [2.24, 2.45) is 0 Å². The number of carbonyl (C=O) groups is 1. The highest BCUT2D eigenvalue weighted by Crippen LogP contribution is 2.27. The van der Waals surface area contributed by atoms with Crippen LogP contribution in [-0.2, 0) is 9.53 Å². The van der Waals surface area contributed by atoms with Gasteiger partial charge in [0.25, 0.3) is 0 Å². The van der Waals surface area contributed by atoms with Crippen molar-refractivity contribution < 1.29 is 18.7 Å². The monoisotopic (exact) mass is 364 g/mol. The fourth-order valence-electron chi connectivity index (χ4n) is 2.22. The summed E-state index contributed by atoms with van der Waals surface area (Å²) in [5, 5.41) is 0. The molecule has 2 rings (SSSR count). The molecule has 2 aromatic rings. The summed E-state index contributed by atoms with van der Waals surface area (Å²) < 4.78 is 24.6. The van der Waals surface area contributed by atoms with Crippen molar-refractivity contribution in [3.05, 3.63) is 97.1 Å². The van der Waals surface area contributed by atoms with E-state index in [9.17, 15) is 9.18 Å². The Kier molecular flexibility index (Phi) is 6.50. The second-order valence-electron chi connectivity index (χ2n) is 5.92. The molecule has 2 aromatic carbocycles. The maximum absolute atomic E-state index is 14.5. The highest BCUT2D eigenvalue weighted by molar-refractivity contribution is 5.88. The molecular formula is C23H21FO3. The maximum atomic E-state index is 14.5. The van der Waals surface area contributed by atoms with E-state index in [0.717, 1.165) is 5.56 Å². The van der Waals surface area contributed by atoms with Crippen molar-refractivity contribution in [2.45, 2.75) is 6.92 Å². The van der Waals surface area contributed by atoms with E-state index in [0.29, 0.717) is 33.8 Å². The first-order valence-electron chi connectivity index (χ1n) is 8.19. The highest BCUT2D eigenvalue weighted by Gasteiger charge is 2.09.